The van der Waals surface area contributed by atoms with E-state index >= 15 is 0 Å². The van der Waals surface area contributed by atoms with Crippen LogP contribution in [0.2, 0.25) is 0 Å². The van der Waals surface area contributed by atoms with E-state index in [1.807, 2.05) is 6.92 Å². The Morgan fingerprint density at radius 3 is 2.57 bits per heavy atom. The smallest absolute Gasteiger partial charge is 0.310 e. The highest BCUT2D eigenvalue weighted by atomic mass is 16.4. The van der Waals surface area contributed by atoms with Gasteiger partial charge in [-0.1, -0.05) is 6.92 Å². The number of amides is 1. The standard InChI is InChI=1S/C9H13NO4/c1-2-6-7(10-9(6)14)3-5(11)4-8(12)13/h6-7H,2-4H2,1H3,(H,10,14)(H,12,13)/t6-,7+/m1/s1. The van der Waals surface area contributed by atoms with E-state index in [-0.39, 0.29) is 30.1 Å². The molecule has 0 unspecified atom stereocenters. The van der Waals surface area contributed by atoms with Crippen LogP contribution in [-0.2, 0) is 14.4 Å². The number of aliphatic carboxylic acids is 1. The Labute approximate surface area is 81.5 Å². The third-order valence-electron chi connectivity index (χ3n) is 2.39. The van der Waals surface area contributed by atoms with Crippen LogP contribution in [0.3, 0.4) is 0 Å². The third-order valence-corrected chi connectivity index (χ3v) is 2.39. The van der Waals surface area contributed by atoms with Gasteiger partial charge in [0.05, 0.1) is 5.92 Å². The zero-order valence-corrected chi connectivity index (χ0v) is 7.95. The van der Waals surface area contributed by atoms with Crippen molar-refractivity contribution in [2.24, 2.45) is 5.92 Å². The average molecular weight is 199 g/mol. The van der Waals surface area contributed by atoms with Crippen molar-refractivity contribution in [2.75, 3.05) is 0 Å². The molecule has 78 valence electrons. The van der Waals surface area contributed by atoms with E-state index < -0.39 is 12.4 Å². The Morgan fingerprint density at radius 2 is 2.14 bits per heavy atom. The van der Waals surface area contributed by atoms with Crippen LogP contribution in [0.4, 0.5) is 0 Å². The SMILES string of the molecule is CC[C@H]1C(=O)N[C@H]1CC(=O)CC(=O)O. The number of carbonyl (C=O) groups is 3. The number of hydrogen-bond acceptors (Lipinski definition) is 3. The Hall–Kier alpha value is -1.39. The lowest BCUT2D eigenvalue weighted by atomic mass is 9.84. The third kappa shape index (κ3) is 2.31. The van der Waals surface area contributed by atoms with Gasteiger partial charge in [-0.05, 0) is 6.42 Å². The van der Waals surface area contributed by atoms with Crippen molar-refractivity contribution in [3.8, 4) is 0 Å². The molecular formula is C9H13NO4. The molecule has 0 aromatic carbocycles. The van der Waals surface area contributed by atoms with Gasteiger partial charge in [0, 0.05) is 12.5 Å². The first-order valence-electron chi connectivity index (χ1n) is 4.58. The molecule has 0 aliphatic carbocycles. The largest absolute Gasteiger partial charge is 0.481 e. The number of carbonyl (C=O) groups excluding carboxylic acids is 2. The van der Waals surface area contributed by atoms with Gasteiger partial charge in [0.2, 0.25) is 5.91 Å². The van der Waals surface area contributed by atoms with Crippen LogP contribution in [0.5, 0.6) is 0 Å². The number of β-lactam (4-membered cyclic amide) rings is 1. The molecular weight excluding hydrogens is 186 g/mol. The summed E-state index contributed by atoms with van der Waals surface area (Å²) in [5, 5.41) is 10.9. The van der Waals surface area contributed by atoms with E-state index in [0.717, 1.165) is 0 Å². The highest BCUT2D eigenvalue weighted by Crippen LogP contribution is 2.21. The number of carboxylic acid groups (broad SMARTS) is 1. The zero-order chi connectivity index (χ0) is 10.7. The summed E-state index contributed by atoms with van der Waals surface area (Å²) in [6, 6.07) is -0.153. The summed E-state index contributed by atoms with van der Waals surface area (Å²) >= 11 is 0. The highest BCUT2D eigenvalue weighted by molar-refractivity contribution is 5.96. The van der Waals surface area contributed by atoms with Crippen molar-refractivity contribution in [3.63, 3.8) is 0 Å². The molecule has 1 aliphatic rings. The molecule has 1 rings (SSSR count). The molecule has 1 amide bonds. The summed E-state index contributed by atoms with van der Waals surface area (Å²) in [5.74, 6) is -1.61. The van der Waals surface area contributed by atoms with Crippen LogP contribution in [-0.4, -0.2) is 28.8 Å². The molecule has 0 aromatic rings. The fourth-order valence-electron chi connectivity index (χ4n) is 1.63. The van der Waals surface area contributed by atoms with Gasteiger partial charge < -0.3 is 10.4 Å². The molecule has 5 heteroatoms. The minimum absolute atomic E-state index is 0.0411. The lowest BCUT2D eigenvalue weighted by Gasteiger charge is -2.35. The minimum atomic E-state index is -1.12. The van der Waals surface area contributed by atoms with Crippen molar-refractivity contribution in [3.05, 3.63) is 0 Å². The van der Waals surface area contributed by atoms with E-state index in [1.54, 1.807) is 0 Å². The van der Waals surface area contributed by atoms with Crippen molar-refractivity contribution < 1.29 is 19.5 Å². The van der Waals surface area contributed by atoms with Crippen molar-refractivity contribution in [1.82, 2.24) is 5.32 Å². The fourth-order valence-corrected chi connectivity index (χ4v) is 1.63. The van der Waals surface area contributed by atoms with Crippen molar-refractivity contribution in [1.29, 1.82) is 0 Å². The second-order valence-electron chi connectivity index (χ2n) is 3.44. The van der Waals surface area contributed by atoms with Crippen LogP contribution in [0, 0.1) is 5.92 Å². The van der Waals surface area contributed by atoms with E-state index in [2.05, 4.69) is 5.32 Å². The van der Waals surface area contributed by atoms with Crippen LogP contribution in [0.1, 0.15) is 26.2 Å². The molecule has 1 saturated heterocycles. The lowest BCUT2D eigenvalue weighted by molar-refractivity contribution is -0.141. The fraction of sp³-hybridized carbons (Fsp3) is 0.667. The van der Waals surface area contributed by atoms with Gasteiger partial charge in [0.15, 0.2) is 0 Å². The molecule has 0 saturated carbocycles. The summed E-state index contributed by atoms with van der Waals surface area (Å²) < 4.78 is 0. The molecule has 14 heavy (non-hydrogen) atoms. The van der Waals surface area contributed by atoms with Crippen LogP contribution >= 0.6 is 0 Å². The highest BCUT2D eigenvalue weighted by Gasteiger charge is 2.38. The first-order valence-corrected chi connectivity index (χ1v) is 4.58. The summed E-state index contributed by atoms with van der Waals surface area (Å²) in [6.45, 7) is 1.87. The molecule has 2 N–H and O–H groups in total. The minimum Gasteiger partial charge on any atom is -0.481 e. The average Bonchev–Trinajstić information content (AvgIpc) is 2.02. The molecule has 0 spiro atoms. The molecule has 0 bridgehead atoms. The van der Waals surface area contributed by atoms with Gasteiger partial charge in [0.25, 0.3) is 0 Å². The Bertz CT molecular complexity index is 274. The summed E-state index contributed by atoms with van der Waals surface area (Å²) in [6.07, 6.45) is 0.371. The lowest BCUT2D eigenvalue weighted by Crippen LogP contribution is -2.58. The van der Waals surface area contributed by atoms with Gasteiger partial charge in [-0.2, -0.15) is 0 Å². The quantitative estimate of drug-likeness (QED) is 0.480. The second-order valence-corrected chi connectivity index (χ2v) is 3.44. The van der Waals surface area contributed by atoms with Crippen LogP contribution < -0.4 is 5.32 Å². The summed E-state index contributed by atoms with van der Waals surface area (Å²) in [4.78, 5) is 32.2. The van der Waals surface area contributed by atoms with Crippen molar-refractivity contribution in [2.45, 2.75) is 32.2 Å². The van der Waals surface area contributed by atoms with Crippen LogP contribution in [0.25, 0.3) is 0 Å². The maximum absolute atomic E-state index is 11.1. The zero-order valence-electron chi connectivity index (χ0n) is 7.95. The van der Waals surface area contributed by atoms with E-state index in [1.165, 1.54) is 0 Å². The monoisotopic (exact) mass is 199 g/mol. The molecule has 2 atom stereocenters. The van der Waals surface area contributed by atoms with Gasteiger partial charge in [-0.15, -0.1) is 0 Å². The number of Topliss-reactive ketones (excluding diaryl/α,β-unsaturated/α-hetero) is 1. The summed E-state index contributed by atoms with van der Waals surface area (Å²) in [7, 11) is 0. The normalized spacial score (nSPS) is 25.1. The molecule has 1 aliphatic heterocycles. The number of carboxylic acids is 1. The first kappa shape index (κ1) is 10.7. The molecule has 0 radical (unpaired) electrons. The first-order chi connectivity index (χ1) is 6.54. The number of hydrogen-bond donors (Lipinski definition) is 2. The maximum atomic E-state index is 11.1. The Balaban J connectivity index is 2.35. The number of ketones is 1. The van der Waals surface area contributed by atoms with E-state index in [0.29, 0.717) is 6.42 Å². The predicted molar refractivity (Wildman–Crippen MR) is 47.6 cm³/mol. The van der Waals surface area contributed by atoms with Gasteiger partial charge >= 0.3 is 5.97 Å². The van der Waals surface area contributed by atoms with Gasteiger partial charge in [-0.3, -0.25) is 14.4 Å². The Kier molecular flexibility index (Phi) is 3.22. The topological polar surface area (TPSA) is 83.5 Å². The van der Waals surface area contributed by atoms with E-state index in [4.69, 9.17) is 5.11 Å². The molecule has 1 heterocycles. The van der Waals surface area contributed by atoms with Gasteiger partial charge in [0.1, 0.15) is 12.2 Å². The molecule has 5 nitrogen and oxygen atoms in total. The molecule has 1 fully saturated rings. The van der Waals surface area contributed by atoms with E-state index in [9.17, 15) is 14.4 Å². The number of nitrogens with one attached hydrogen (secondary N) is 1. The molecule has 0 aromatic heterocycles. The maximum Gasteiger partial charge on any atom is 0.310 e. The Morgan fingerprint density at radius 1 is 1.50 bits per heavy atom. The summed E-state index contributed by atoms with van der Waals surface area (Å²) in [5.41, 5.74) is 0. The van der Waals surface area contributed by atoms with Crippen molar-refractivity contribution >= 4 is 17.7 Å². The predicted octanol–water partition coefficient (Wildman–Crippen LogP) is -0.0551. The van der Waals surface area contributed by atoms with Gasteiger partial charge in [-0.25, -0.2) is 0 Å². The number of rotatable bonds is 5. The second kappa shape index (κ2) is 4.21. The van der Waals surface area contributed by atoms with Crippen LogP contribution in [0.15, 0.2) is 0 Å².